The highest BCUT2D eigenvalue weighted by Crippen LogP contribution is 2.44. The van der Waals surface area contributed by atoms with E-state index in [1.165, 1.54) is 5.69 Å². The molecule has 0 amide bonds. The molecule has 0 bridgehead atoms. The van der Waals surface area contributed by atoms with Gasteiger partial charge in [0.05, 0.1) is 5.69 Å². The predicted molar refractivity (Wildman–Crippen MR) is 68.6 cm³/mol. The fourth-order valence-electron chi connectivity index (χ4n) is 2.79. The van der Waals surface area contributed by atoms with Gasteiger partial charge in [-0.05, 0) is 11.3 Å². The molecule has 0 saturated carbocycles. The summed E-state index contributed by atoms with van der Waals surface area (Å²) in [4.78, 5) is 0. The molecule has 1 aromatic rings. The second kappa shape index (κ2) is 3.63. The zero-order chi connectivity index (χ0) is 12.1. The fourth-order valence-corrected chi connectivity index (χ4v) is 3.06. The van der Waals surface area contributed by atoms with Crippen LogP contribution in [0.3, 0.4) is 0 Å². The van der Waals surface area contributed by atoms with Gasteiger partial charge in [0, 0.05) is 18.5 Å². The standard InChI is InChI=1S/C13H19ClN2/c1-8-10(13(2,3)4)7-6-9-11(8)16(5)15-12(9)14/h6-8,10H,1-5H3. The zero-order valence-electron chi connectivity index (χ0n) is 10.6. The van der Waals surface area contributed by atoms with E-state index in [-0.39, 0.29) is 5.41 Å². The molecule has 1 aromatic heterocycles. The van der Waals surface area contributed by atoms with Crippen LogP contribution in [-0.2, 0) is 7.05 Å². The maximum atomic E-state index is 6.11. The van der Waals surface area contributed by atoms with E-state index in [1.54, 1.807) is 0 Å². The highest BCUT2D eigenvalue weighted by atomic mass is 35.5. The van der Waals surface area contributed by atoms with E-state index in [0.29, 0.717) is 17.0 Å². The molecular formula is C13H19ClN2. The van der Waals surface area contributed by atoms with Gasteiger partial charge in [0.15, 0.2) is 5.15 Å². The number of halogens is 1. The number of aromatic nitrogens is 2. The Kier molecular flexibility index (Phi) is 2.66. The predicted octanol–water partition coefficient (Wildman–Crippen LogP) is 3.87. The Balaban J connectivity index is 2.50. The molecule has 88 valence electrons. The molecule has 0 aliphatic heterocycles. The van der Waals surface area contributed by atoms with E-state index in [4.69, 9.17) is 11.6 Å². The van der Waals surface area contributed by atoms with Crippen LogP contribution < -0.4 is 0 Å². The number of nitrogens with zero attached hydrogens (tertiary/aromatic N) is 2. The summed E-state index contributed by atoms with van der Waals surface area (Å²) >= 11 is 6.11. The molecule has 0 radical (unpaired) electrons. The van der Waals surface area contributed by atoms with Gasteiger partial charge in [-0.2, -0.15) is 5.10 Å². The van der Waals surface area contributed by atoms with Crippen molar-refractivity contribution in [2.45, 2.75) is 33.6 Å². The van der Waals surface area contributed by atoms with Gasteiger partial charge in [-0.25, -0.2) is 0 Å². The van der Waals surface area contributed by atoms with Gasteiger partial charge in [0.1, 0.15) is 0 Å². The van der Waals surface area contributed by atoms with E-state index < -0.39 is 0 Å². The molecule has 1 aliphatic rings. The number of allylic oxidation sites excluding steroid dienone is 1. The SMILES string of the molecule is CC1c2c(c(Cl)nn2C)C=CC1C(C)(C)C. The van der Waals surface area contributed by atoms with Crippen LogP contribution >= 0.6 is 11.6 Å². The Morgan fingerprint density at radius 1 is 1.38 bits per heavy atom. The largest absolute Gasteiger partial charge is 0.270 e. The molecule has 0 spiro atoms. The Morgan fingerprint density at radius 2 is 2.00 bits per heavy atom. The van der Waals surface area contributed by atoms with Crippen molar-refractivity contribution in [2.75, 3.05) is 0 Å². The molecule has 16 heavy (non-hydrogen) atoms. The Labute approximate surface area is 102 Å². The highest BCUT2D eigenvalue weighted by Gasteiger charge is 2.34. The molecule has 2 atom stereocenters. The van der Waals surface area contributed by atoms with Crippen LogP contribution in [-0.4, -0.2) is 9.78 Å². The van der Waals surface area contributed by atoms with Gasteiger partial charge < -0.3 is 0 Å². The molecule has 1 heterocycles. The van der Waals surface area contributed by atoms with Gasteiger partial charge in [-0.15, -0.1) is 0 Å². The number of hydrogen-bond donors (Lipinski definition) is 0. The smallest absolute Gasteiger partial charge is 0.158 e. The van der Waals surface area contributed by atoms with Crippen LogP contribution in [0.15, 0.2) is 6.08 Å². The van der Waals surface area contributed by atoms with Crippen molar-refractivity contribution in [1.29, 1.82) is 0 Å². The monoisotopic (exact) mass is 238 g/mol. The highest BCUT2D eigenvalue weighted by molar-refractivity contribution is 6.31. The second-order valence-corrected chi connectivity index (χ2v) is 6.11. The summed E-state index contributed by atoms with van der Waals surface area (Å²) in [5, 5.41) is 4.91. The van der Waals surface area contributed by atoms with E-state index in [0.717, 1.165) is 5.56 Å². The number of rotatable bonds is 0. The average Bonchev–Trinajstić information content (AvgIpc) is 2.41. The molecule has 3 heteroatoms. The van der Waals surface area contributed by atoms with Crippen LogP contribution in [0.5, 0.6) is 0 Å². The van der Waals surface area contributed by atoms with Gasteiger partial charge in [0.25, 0.3) is 0 Å². The van der Waals surface area contributed by atoms with E-state index in [2.05, 4.69) is 44.9 Å². The van der Waals surface area contributed by atoms with Crippen LogP contribution in [0.4, 0.5) is 0 Å². The lowest BCUT2D eigenvalue weighted by molar-refractivity contribution is 0.253. The lowest BCUT2D eigenvalue weighted by atomic mass is 9.70. The molecule has 0 fully saturated rings. The van der Waals surface area contributed by atoms with Crippen LogP contribution in [0, 0.1) is 11.3 Å². The van der Waals surface area contributed by atoms with Gasteiger partial charge in [-0.3, -0.25) is 4.68 Å². The molecule has 2 unspecified atom stereocenters. The first-order valence-corrected chi connectivity index (χ1v) is 6.10. The molecular weight excluding hydrogens is 220 g/mol. The second-order valence-electron chi connectivity index (χ2n) is 5.75. The first-order valence-electron chi connectivity index (χ1n) is 5.73. The molecule has 2 nitrogen and oxygen atoms in total. The van der Waals surface area contributed by atoms with Crippen molar-refractivity contribution in [1.82, 2.24) is 9.78 Å². The van der Waals surface area contributed by atoms with Crippen molar-refractivity contribution < 1.29 is 0 Å². The molecule has 2 rings (SSSR count). The van der Waals surface area contributed by atoms with E-state index >= 15 is 0 Å². The molecule has 0 saturated heterocycles. The molecule has 1 aliphatic carbocycles. The first kappa shape index (κ1) is 11.7. The van der Waals surface area contributed by atoms with Gasteiger partial charge in [-0.1, -0.05) is 51.4 Å². The summed E-state index contributed by atoms with van der Waals surface area (Å²) in [6.07, 6.45) is 4.40. The van der Waals surface area contributed by atoms with Crippen molar-refractivity contribution in [3.05, 3.63) is 22.5 Å². The van der Waals surface area contributed by atoms with Crippen LogP contribution in [0.1, 0.15) is 44.9 Å². The lowest BCUT2D eigenvalue weighted by Gasteiger charge is -2.35. The number of hydrogen-bond acceptors (Lipinski definition) is 1. The maximum absolute atomic E-state index is 6.11. The summed E-state index contributed by atoms with van der Waals surface area (Å²) in [6, 6.07) is 0. The molecule has 0 N–H and O–H groups in total. The Hall–Kier alpha value is -0.760. The van der Waals surface area contributed by atoms with Crippen LogP contribution in [0.2, 0.25) is 5.15 Å². The van der Waals surface area contributed by atoms with Crippen molar-refractivity contribution >= 4 is 17.7 Å². The van der Waals surface area contributed by atoms with E-state index in [1.807, 2.05) is 11.7 Å². The minimum atomic E-state index is 0.268. The van der Waals surface area contributed by atoms with E-state index in [9.17, 15) is 0 Å². The number of aryl methyl sites for hydroxylation is 1. The molecule has 0 aromatic carbocycles. The summed E-state index contributed by atoms with van der Waals surface area (Å²) in [5.41, 5.74) is 2.62. The lowest BCUT2D eigenvalue weighted by Crippen LogP contribution is -2.27. The minimum Gasteiger partial charge on any atom is -0.270 e. The van der Waals surface area contributed by atoms with Gasteiger partial charge in [0.2, 0.25) is 0 Å². The summed E-state index contributed by atoms with van der Waals surface area (Å²) < 4.78 is 1.92. The normalized spacial score (nSPS) is 24.6. The maximum Gasteiger partial charge on any atom is 0.158 e. The first-order chi connectivity index (χ1) is 7.32. The van der Waals surface area contributed by atoms with Crippen molar-refractivity contribution in [2.24, 2.45) is 18.4 Å². The summed E-state index contributed by atoms with van der Waals surface area (Å²) in [5.74, 6) is 0.997. The minimum absolute atomic E-state index is 0.268. The topological polar surface area (TPSA) is 17.8 Å². The average molecular weight is 239 g/mol. The Bertz CT molecular complexity index is 438. The third-order valence-electron chi connectivity index (χ3n) is 3.52. The van der Waals surface area contributed by atoms with Crippen LogP contribution in [0.25, 0.3) is 6.08 Å². The number of fused-ring (bicyclic) bond motifs is 1. The summed E-state index contributed by atoms with van der Waals surface area (Å²) in [6.45, 7) is 9.10. The fraction of sp³-hybridized carbons (Fsp3) is 0.615. The quantitative estimate of drug-likeness (QED) is 0.671. The van der Waals surface area contributed by atoms with Crippen molar-refractivity contribution in [3.63, 3.8) is 0 Å². The zero-order valence-corrected chi connectivity index (χ0v) is 11.3. The van der Waals surface area contributed by atoms with Gasteiger partial charge >= 0.3 is 0 Å². The third-order valence-corrected chi connectivity index (χ3v) is 3.80. The van der Waals surface area contributed by atoms with Crippen molar-refractivity contribution in [3.8, 4) is 0 Å². The summed E-state index contributed by atoms with van der Waals surface area (Å²) in [7, 11) is 1.97. The Morgan fingerprint density at radius 3 is 2.56 bits per heavy atom. The third kappa shape index (κ3) is 1.69.